The molecule has 0 saturated heterocycles. The Bertz CT molecular complexity index is 626. The van der Waals surface area contributed by atoms with E-state index in [1.807, 2.05) is 12.1 Å². The molecule has 0 spiro atoms. The highest BCUT2D eigenvalue weighted by Crippen LogP contribution is 2.44. The quantitative estimate of drug-likeness (QED) is 0.794. The number of ether oxygens (including phenoxy) is 3. The third kappa shape index (κ3) is 2.18. The second-order valence-electron chi connectivity index (χ2n) is 4.31. The van der Waals surface area contributed by atoms with E-state index in [-0.39, 0.29) is 0 Å². The van der Waals surface area contributed by atoms with Crippen molar-refractivity contribution in [1.82, 2.24) is 0 Å². The topological polar surface area (TPSA) is 44.8 Å². The second kappa shape index (κ2) is 4.72. The Morgan fingerprint density at radius 2 is 1.60 bits per heavy atom. The van der Waals surface area contributed by atoms with Gasteiger partial charge in [0.25, 0.3) is 0 Å². The number of rotatable bonds is 2. The summed E-state index contributed by atoms with van der Waals surface area (Å²) in [7, 11) is 0. The van der Waals surface area contributed by atoms with Crippen LogP contribution in [0.1, 0.15) is 12.5 Å². The summed E-state index contributed by atoms with van der Waals surface area (Å²) < 4.78 is 16.7. The minimum atomic E-state index is -1.60. The van der Waals surface area contributed by atoms with E-state index in [0.717, 1.165) is 0 Å². The number of esters is 1. The Morgan fingerprint density at radius 1 is 1.05 bits per heavy atom. The van der Waals surface area contributed by atoms with Gasteiger partial charge in [0.1, 0.15) is 0 Å². The lowest BCUT2D eigenvalue weighted by molar-refractivity contribution is -0.276. The van der Waals surface area contributed by atoms with Crippen molar-refractivity contribution in [3.63, 3.8) is 0 Å². The van der Waals surface area contributed by atoms with Crippen LogP contribution in [0, 0.1) is 0 Å². The van der Waals surface area contributed by atoms with Gasteiger partial charge in [-0.05, 0) is 36.4 Å². The van der Waals surface area contributed by atoms with Crippen LogP contribution < -0.4 is 9.47 Å². The third-order valence-electron chi connectivity index (χ3n) is 2.81. The molecular formula is C15H11ClO4. The highest BCUT2D eigenvalue weighted by Gasteiger charge is 2.47. The molecule has 0 unspecified atom stereocenters. The molecule has 0 bridgehead atoms. The molecule has 2 aromatic carbocycles. The molecule has 0 aliphatic carbocycles. The van der Waals surface area contributed by atoms with Crippen LogP contribution in [-0.2, 0) is 15.5 Å². The fourth-order valence-electron chi connectivity index (χ4n) is 1.99. The third-order valence-corrected chi connectivity index (χ3v) is 3.07. The van der Waals surface area contributed by atoms with Gasteiger partial charge in [-0.2, -0.15) is 0 Å². The lowest BCUT2D eigenvalue weighted by atomic mass is 10.2. The molecule has 0 atom stereocenters. The van der Waals surface area contributed by atoms with Crippen molar-refractivity contribution in [2.45, 2.75) is 12.9 Å². The van der Waals surface area contributed by atoms with Crippen molar-refractivity contribution in [3.8, 4) is 11.5 Å². The van der Waals surface area contributed by atoms with E-state index in [9.17, 15) is 4.79 Å². The van der Waals surface area contributed by atoms with Crippen molar-refractivity contribution < 1.29 is 19.0 Å². The Labute approximate surface area is 120 Å². The van der Waals surface area contributed by atoms with Gasteiger partial charge in [0.05, 0.1) is 5.56 Å². The zero-order chi connectivity index (χ0) is 14.2. The first kappa shape index (κ1) is 12.8. The van der Waals surface area contributed by atoms with Crippen molar-refractivity contribution in [2.75, 3.05) is 0 Å². The fraction of sp³-hybridized carbons (Fsp3) is 0.133. The summed E-state index contributed by atoms with van der Waals surface area (Å²) >= 11 is 5.87. The first-order valence-electron chi connectivity index (χ1n) is 6.02. The summed E-state index contributed by atoms with van der Waals surface area (Å²) in [6, 6.07) is 13.9. The van der Waals surface area contributed by atoms with E-state index >= 15 is 0 Å². The van der Waals surface area contributed by atoms with Crippen LogP contribution in [0.2, 0.25) is 5.02 Å². The summed E-state index contributed by atoms with van der Waals surface area (Å²) in [4.78, 5) is 11.4. The maximum Gasteiger partial charge on any atom is 0.449 e. The molecule has 1 aliphatic heterocycles. The lowest BCUT2D eigenvalue weighted by Gasteiger charge is -2.26. The van der Waals surface area contributed by atoms with Crippen molar-refractivity contribution in [2.24, 2.45) is 0 Å². The number of carbonyl (C=O) groups excluding carboxylic acids is 1. The molecule has 1 heterocycles. The fourth-order valence-corrected chi connectivity index (χ4v) is 2.12. The maximum atomic E-state index is 11.4. The van der Waals surface area contributed by atoms with Crippen LogP contribution in [0.25, 0.3) is 0 Å². The van der Waals surface area contributed by atoms with Crippen LogP contribution in [0.15, 0.2) is 48.5 Å². The van der Waals surface area contributed by atoms with Crippen molar-refractivity contribution in [3.05, 3.63) is 59.1 Å². The Kier molecular flexibility index (Phi) is 3.03. The van der Waals surface area contributed by atoms with Crippen LogP contribution in [0.4, 0.5) is 0 Å². The maximum absolute atomic E-state index is 11.4. The van der Waals surface area contributed by atoms with E-state index in [0.29, 0.717) is 22.1 Å². The molecule has 4 nitrogen and oxygen atoms in total. The zero-order valence-electron chi connectivity index (χ0n) is 10.6. The number of para-hydroxylation sites is 2. The molecule has 0 aromatic heterocycles. The van der Waals surface area contributed by atoms with Gasteiger partial charge in [0, 0.05) is 11.9 Å². The molecule has 2 aromatic rings. The normalized spacial score (nSPS) is 14.9. The van der Waals surface area contributed by atoms with Gasteiger partial charge >= 0.3 is 11.9 Å². The molecule has 5 heteroatoms. The predicted octanol–water partition coefficient (Wildman–Crippen LogP) is 3.48. The van der Waals surface area contributed by atoms with Gasteiger partial charge in [-0.1, -0.05) is 23.7 Å². The average molecular weight is 291 g/mol. The van der Waals surface area contributed by atoms with E-state index < -0.39 is 11.9 Å². The van der Waals surface area contributed by atoms with E-state index in [1.54, 1.807) is 36.4 Å². The number of benzene rings is 2. The summed E-state index contributed by atoms with van der Waals surface area (Å²) in [6.45, 7) is 1.30. The number of halogens is 1. The molecule has 1 aliphatic rings. The van der Waals surface area contributed by atoms with Gasteiger partial charge in [-0.3, -0.25) is 4.79 Å². The Hall–Kier alpha value is -2.20. The molecular weight excluding hydrogens is 280 g/mol. The minimum absolute atomic E-state index is 0.507. The predicted molar refractivity (Wildman–Crippen MR) is 72.6 cm³/mol. The first-order chi connectivity index (χ1) is 9.59. The number of fused-ring (bicyclic) bond motifs is 1. The summed E-state index contributed by atoms with van der Waals surface area (Å²) in [5.41, 5.74) is 0.549. The van der Waals surface area contributed by atoms with Crippen molar-refractivity contribution >= 4 is 17.6 Å². The van der Waals surface area contributed by atoms with Crippen LogP contribution in [0.5, 0.6) is 11.5 Å². The molecule has 102 valence electrons. The largest absolute Gasteiger partial charge is 0.449 e. The standard InChI is InChI=1S/C15H11ClO4/c1-10(17)18-15(11-6-8-12(16)9-7-11)19-13-4-2-3-5-14(13)20-15/h2-9H,1H3. The Morgan fingerprint density at radius 3 is 2.10 bits per heavy atom. The summed E-state index contributed by atoms with van der Waals surface area (Å²) in [6.07, 6.45) is 0. The molecule has 0 N–H and O–H groups in total. The average Bonchev–Trinajstić information content (AvgIpc) is 2.77. The second-order valence-corrected chi connectivity index (χ2v) is 4.74. The Balaban J connectivity index is 2.04. The lowest BCUT2D eigenvalue weighted by Crippen LogP contribution is -2.40. The van der Waals surface area contributed by atoms with Crippen LogP contribution in [-0.4, -0.2) is 5.97 Å². The minimum Gasteiger partial charge on any atom is -0.413 e. The summed E-state index contributed by atoms with van der Waals surface area (Å²) in [5.74, 6) is -1.07. The highest BCUT2D eigenvalue weighted by molar-refractivity contribution is 6.30. The van der Waals surface area contributed by atoms with Gasteiger partial charge in [0.15, 0.2) is 11.5 Å². The number of hydrogen-bond donors (Lipinski definition) is 0. The smallest absolute Gasteiger partial charge is 0.413 e. The van der Waals surface area contributed by atoms with Crippen LogP contribution >= 0.6 is 11.6 Å². The molecule has 0 amide bonds. The van der Waals surface area contributed by atoms with Gasteiger partial charge < -0.3 is 14.2 Å². The summed E-state index contributed by atoms with van der Waals surface area (Å²) in [5, 5.41) is 0.572. The monoisotopic (exact) mass is 290 g/mol. The molecule has 3 rings (SSSR count). The SMILES string of the molecule is CC(=O)OC1(c2ccc(Cl)cc2)Oc2ccccc2O1. The number of hydrogen-bond acceptors (Lipinski definition) is 4. The van der Waals surface area contributed by atoms with E-state index in [2.05, 4.69) is 0 Å². The first-order valence-corrected chi connectivity index (χ1v) is 6.39. The highest BCUT2D eigenvalue weighted by atomic mass is 35.5. The van der Waals surface area contributed by atoms with Gasteiger partial charge in [-0.15, -0.1) is 0 Å². The molecule has 20 heavy (non-hydrogen) atoms. The van der Waals surface area contributed by atoms with Gasteiger partial charge in [0.2, 0.25) is 0 Å². The molecule has 0 saturated carbocycles. The number of carbonyl (C=O) groups is 1. The van der Waals surface area contributed by atoms with Crippen LogP contribution in [0.3, 0.4) is 0 Å². The molecule has 0 fully saturated rings. The van der Waals surface area contributed by atoms with E-state index in [4.69, 9.17) is 25.8 Å². The van der Waals surface area contributed by atoms with Crippen molar-refractivity contribution in [1.29, 1.82) is 0 Å². The molecule has 0 radical (unpaired) electrons. The zero-order valence-corrected chi connectivity index (χ0v) is 11.4. The van der Waals surface area contributed by atoms with Gasteiger partial charge in [-0.25, -0.2) is 0 Å². The van der Waals surface area contributed by atoms with E-state index in [1.165, 1.54) is 6.92 Å².